The van der Waals surface area contributed by atoms with E-state index in [-0.39, 0.29) is 25.6 Å². The number of aliphatic hydroxyl groups is 1. The van der Waals surface area contributed by atoms with E-state index in [0.29, 0.717) is 25.2 Å². The molecule has 1 aliphatic carbocycles. The van der Waals surface area contributed by atoms with E-state index in [1.807, 2.05) is 24.3 Å². The topological polar surface area (TPSA) is 99.1 Å². The van der Waals surface area contributed by atoms with Crippen LogP contribution in [-0.4, -0.2) is 54.8 Å². The number of amidine groups is 1. The number of piperidine rings is 1. The van der Waals surface area contributed by atoms with Gasteiger partial charge in [-0.2, -0.15) is 4.31 Å². The number of rotatable bonds is 6. The monoisotopic (exact) mass is 445 g/mol. The highest BCUT2D eigenvalue weighted by atomic mass is 32.2. The summed E-state index contributed by atoms with van der Waals surface area (Å²) in [5.74, 6) is 1.10. The molecule has 2 fully saturated rings. The first kappa shape index (κ1) is 22.2. The molecule has 4 rings (SSSR count). The summed E-state index contributed by atoms with van der Waals surface area (Å²) in [7, 11) is -3.57. The second-order valence-corrected chi connectivity index (χ2v) is 10.6. The van der Waals surface area contributed by atoms with Gasteiger partial charge in [0.1, 0.15) is 11.4 Å². The number of sulfonamides is 1. The molecule has 2 aliphatic heterocycles. The van der Waals surface area contributed by atoms with Gasteiger partial charge < -0.3 is 10.4 Å². The molecule has 1 saturated carbocycles. The van der Waals surface area contributed by atoms with Crippen LogP contribution in [-0.2, 0) is 21.2 Å². The van der Waals surface area contributed by atoms with Gasteiger partial charge in [0.15, 0.2) is 0 Å². The first-order chi connectivity index (χ1) is 14.9. The molecule has 1 saturated heterocycles. The van der Waals surface area contributed by atoms with E-state index in [1.165, 1.54) is 29.0 Å². The number of benzene rings is 1. The molecule has 0 unspecified atom stereocenters. The van der Waals surface area contributed by atoms with Crippen molar-refractivity contribution in [2.45, 2.75) is 56.9 Å². The number of nitrogens with one attached hydrogen (secondary N) is 1. The molecule has 0 atom stereocenters. The maximum Gasteiger partial charge on any atom is 0.253 e. The minimum atomic E-state index is -3.57. The van der Waals surface area contributed by atoms with Gasteiger partial charge in [0.25, 0.3) is 5.91 Å². The third-order valence-corrected chi connectivity index (χ3v) is 8.28. The zero-order valence-electron chi connectivity index (χ0n) is 17.8. The van der Waals surface area contributed by atoms with Gasteiger partial charge in [-0.1, -0.05) is 43.5 Å². The van der Waals surface area contributed by atoms with Crippen molar-refractivity contribution in [1.82, 2.24) is 9.62 Å². The third-order valence-electron chi connectivity index (χ3n) is 6.71. The molecule has 2 heterocycles. The van der Waals surface area contributed by atoms with E-state index in [1.54, 1.807) is 6.08 Å². The highest BCUT2D eigenvalue weighted by Gasteiger charge is 2.48. The maximum atomic E-state index is 12.8. The number of aliphatic hydroxyl groups excluding tert-OH is 1. The molecule has 7 nitrogen and oxygen atoms in total. The van der Waals surface area contributed by atoms with E-state index in [0.717, 1.165) is 29.8 Å². The second kappa shape index (κ2) is 9.22. The van der Waals surface area contributed by atoms with Crippen LogP contribution in [0.25, 0.3) is 6.08 Å². The third kappa shape index (κ3) is 4.91. The van der Waals surface area contributed by atoms with Gasteiger partial charge in [-0.05, 0) is 49.3 Å². The van der Waals surface area contributed by atoms with Crippen LogP contribution in [0.1, 0.15) is 56.1 Å². The molecule has 3 aliphatic rings. The summed E-state index contributed by atoms with van der Waals surface area (Å²) in [4.78, 5) is 17.5. The SMILES string of the molecule is O=C1NC(C2CCCCC2)=NC12CCN(S(=O)(=O)/C=C/c1ccc(CCO)cc1)CC2. The fourth-order valence-corrected chi connectivity index (χ4v) is 5.93. The molecule has 168 valence electrons. The number of carbonyl (C=O) groups excluding carboxylic acids is 1. The molecular formula is C23H31N3O4S. The summed E-state index contributed by atoms with van der Waals surface area (Å²) < 4.78 is 27.0. The number of carbonyl (C=O) groups is 1. The summed E-state index contributed by atoms with van der Waals surface area (Å²) in [5, 5.41) is 13.2. The summed E-state index contributed by atoms with van der Waals surface area (Å²) in [5.41, 5.74) is 0.993. The minimum absolute atomic E-state index is 0.0661. The van der Waals surface area contributed by atoms with E-state index >= 15 is 0 Å². The second-order valence-electron chi connectivity index (χ2n) is 8.78. The van der Waals surface area contributed by atoms with Crippen LogP contribution in [0.5, 0.6) is 0 Å². The van der Waals surface area contributed by atoms with Crippen LogP contribution >= 0.6 is 0 Å². The van der Waals surface area contributed by atoms with Gasteiger partial charge in [0, 0.05) is 31.0 Å². The van der Waals surface area contributed by atoms with Crippen molar-refractivity contribution in [3.8, 4) is 0 Å². The maximum absolute atomic E-state index is 12.8. The largest absolute Gasteiger partial charge is 0.396 e. The number of hydrogen-bond donors (Lipinski definition) is 2. The van der Waals surface area contributed by atoms with Crippen molar-refractivity contribution in [3.05, 3.63) is 40.8 Å². The number of aliphatic imine (C=N–C) groups is 1. The Kier molecular flexibility index (Phi) is 6.60. The fourth-order valence-electron chi connectivity index (χ4n) is 4.74. The predicted molar refractivity (Wildman–Crippen MR) is 121 cm³/mol. The van der Waals surface area contributed by atoms with Crippen molar-refractivity contribution in [2.75, 3.05) is 19.7 Å². The lowest BCUT2D eigenvalue weighted by Crippen LogP contribution is -2.50. The molecular weight excluding hydrogens is 414 g/mol. The lowest BCUT2D eigenvalue weighted by Gasteiger charge is -2.34. The highest BCUT2D eigenvalue weighted by Crippen LogP contribution is 2.34. The normalized spacial score (nSPS) is 22.7. The van der Waals surface area contributed by atoms with Crippen LogP contribution in [0.4, 0.5) is 0 Å². The van der Waals surface area contributed by atoms with Crippen molar-refractivity contribution in [2.24, 2.45) is 10.9 Å². The van der Waals surface area contributed by atoms with E-state index in [4.69, 9.17) is 10.1 Å². The Balaban J connectivity index is 1.39. The lowest BCUT2D eigenvalue weighted by atomic mass is 9.88. The average Bonchev–Trinajstić information content (AvgIpc) is 3.10. The van der Waals surface area contributed by atoms with Crippen LogP contribution < -0.4 is 5.32 Å². The van der Waals surface area contributed by atoms with Gasteiger partial charge >= 0.3 is 0 Å². The van der Waals surface area contributed by atoms with Gasteiger partial charge in [-0.15, -0.1) is 0 Å². The van der Waals surface area contributed by atoms with E-state index < -0.39 is 15.6 Å². The number of hydrogen-bond acceptors (Lipinski definition) is 5. The molecule has 8 heteroatoms. The quantitative estimate of drug-likeness (QED) is 0.703. The van der Waals surface area contributed by atoms with Crippen LogP contribution in [0.15, 0.2) is 34.7 Å². The first-order valence-electron chi connectivity index (χ1n) is 11.2. The number of nitrogens with zero attached hydrogens (tertiary/aromatic N) is 2. The van der Waals surface area contributed by atoms with Crippen molar-refractivity contribution in [1.29, 1.82) is 0 Å². The zero-order chi connectivity index (χ0) is 21.9. The van der Waals surface area contributed by atoms with Gasteiger partial charge in [0.2, 0.25) is 10.0 Å². The Morgan fingerprint density at radius 3 is 2.45 bits per heavy atom. The molecule has 31 heavy (non-hydrogen) atoms. The fraction of sp³-hybridized carbons (Fsp3) is 0.565. The Morgan fingerprint density at radius 2 is 1.81 bits per heavy atom. The molecule has 0 aromatic heterocycles. The highest BCUT2D eigenvalue weighted by molar-refractivity contribution is 7.92. The summed E-state index contributed by atoms with van der Waals surface area (Å²) in [6.45, 7) is 0.665. The smallest absolute Gasteiger partial charge is 0.253 e. The van der Waals surface area contributed by atoms with Gasteiger partial charge in [0.05, 0.1) is 0 Å². The Labute approximate surface area is 184 Å². The van der Waals surface area contributed by atoms with Crippen molar-refractivity contribution >= 4 is 27.8 Å². The van der Waals surface area contributed by atoms with Crippen LogP contribution in [0.3, 0.4) is 0 Å². The van der Waals surface area contributed by atoms with Crippen molar-refractivity contribution < 1.29 is 18.3 Å². The van der Waals surface area contributed by atoms with E-state index in [2.05, 4.69) is 5.32 Å². The van der Waals surface area contributed by atoms with Crippen LogP contribution in [0, 0.1) is 5.92 Å². The Hall–Kier alpha value is -2.03. The van der Waals surface area contributed by atoms with Crippen LogP contribution in [0.2, 0.25) is 0 Å². The summed E-state index contributed by atoms with van der Waals surface area (Å²) in [6, 6.07) is 7.45. The summed E-state index contributed by atoms with van der Waals surface area (Å²) in [6.07, 6.45) is 8.74. The molecule has 1 spiro atoms. The van der Waals surface area contributed by atoms with Gasteiger partial charge in [-0.3, -0.25) is 9.79 Å². The Bertz CT molecular complexity index is 955. The average molecular weight is 446 g/mol. The zero-order valence-corrected chi connectivity index (χ0v) is 18.6. The molecule has 0 bridgehead atoms. The predicted octanol–water partition coefficient (Wildman–Crippen LogP) is 2.47. The minimum Gasteiger partial charge on any atom is -0.396 e. The Morgan fingerprint density at radius 1 is 1.13 bits per heavy atom. The van der Waals surface area contributed by atoms with Crippen molar-refractivity contribution in [3.63, 3.8) is 0 Å². The lowest BCUT2D eigenvalue weighted by molar-refractivity contribution is -0.124. The molecule has 1 amide bonds. The molecule has 0 radical (unpaired) electrons. The van der Waals surface area contributed by atoms with Gasteiger partial charge in [-0.25, -0.2) is 8.42 Å². The molecule has 1 aromatic carbocycles. The first-order valence-corrected chi connectivity index (χ1v) is 12.7. The molecule has 1 aromatic rings. The molecule has 2 N–H and O–H groups in total. The number of amides is 1. The van der Waals surface area contributed by atoms with E-state index in [9.17, 15) is 13.2 Å². The summed E-state index contributed by atoms with van der Waals surface area (Å²) >= 11 is 0. The standard InChI is InChI=1S/C23H31N3O4S/c27-16-10-18-6-8-19(9-7-18)11-17-31(29,30)26-14-12-23(13-15-26)22(28)24-21(25-23)20-4-2-1-3-5-20/h6-9,11,17,20,27H,1-5,10,12-16H2,(H,24,25,28)/b17-11+.